The molecule has 1 fully saturated rings. The summed E-state index contributed by atoms with van der Waals surface area (Å²) in [5.74, 6) is 2.22. The Morgan fingerprint density at radius 1 is 1.29 bits per heavy atom. The molecule has 0 unspecified atom stereocenters. The van der Waals surface area contributed by atoms with E-state index in [-0.39, 0.29) is 0 Å². The molecule has 1 aliphatic rings. The predicted octanol–water partition coefficient (Wildman–Crippen LogP) is 0.302. The molecule has 0 aromatic carbocycles. The summed E-state index contributed by atoms with van der Waals surface area (Å²) in [6, 6.07) is 1.91. The highest BCUT2D eigenvalue weighted by atomic mass is 16.5. The maximum absolute atomic E-state index is 5.11. The van der Waals surface area contributed by atoms with E-state index in [1.807, 2.05) is 13.0 Å². The second kappa shape index (κ2) is 7.91. The second-order valence-corrected chi connectivity index (χ2v) is 5.71. The zero-order chi connectivity index (χ0) is 16.8. The Kier molecular flexibility index (Phi) is 5.42. The summed E-state index contributed by atoms with van der Waals surface area (Å²) in [7, 11) is 1.81. The summed E-state index contributed by atoms with van der Waals surface area (Å²) in [4.78, 5) is 13.2. The number of nitrogens with one attached hydrogen (secondary N) is 1. The highest BCUT2D eigenvalue weighted by molar-refractivity contribution is 5.80. The summed E-state index contributed by atoms with van der Waals surface area (Å²) in [5, 5.41) is 11.1. The van der Waals surface area contributed by atoms with Gasteiger partial charge in [0.2, 0.25) is 5.89 Å². The molecular weight excluding hydrogens is 310 g/mol. The fourth-order valence-electron chi connectivity index (χ4n) is 2.72. The first kappa shape index (κ1) is 16.4. The Labute approximate surface area is 140 Å². The Bertz CT molecular complexity index is 645. The van der Waals surface area contributed by atoms with Crippen molar-refractivity contribution in [1.29, 1.82) is 0 Å². The van der Waals surface area contributed by atoms with Crippen molar-refractivity contribution >= 4 is 5.96 Å². The molecule has 0 saturated carbocycles. The monoisotopic (exact) mass is 333 g/mol. The topological polar surface area (TPSA) is 95.8 Å². The predicted molar refractivity (Wildman–Crippen MR) is 87.5 cm³/mol. The second-order valence-electron chi connectivity index (χ2n) is 5.71. The zero-order valence-electron chi connectivity index (χ0n) is 14.1. The van der Waals surface area contributed by atoms with Crippen LogP contribution in [0.5, 0.6) is 0 Å². The van der Waals surface area contributed by atoms with Crippen molar-refractivity contribution in [3.63, 3.8) is 0 Å². The van der Waals surface area contributed by atoms with E-state index in [0.717, 1.165) is 44.4 Å². The van der Waals surface area contributed by atoms with E-state index >= 15 is 0 Å². The Balaban J connectivity index is 1.42. The van der Waals surface area contributed by atoms with Gasteiger partial charge in [0.25, 0.3) is 0 Å². The van der Waals surface area contributed by atoms with Crippen molar-refractivity contribution in [3.05, 3.63) is 29.7 Å². The molecule has 0 bridgehead atoms. The first-order valence-corrected chi connectivity index (χ1v) is 8.11. The van der Waals surface area contributed by atoms with Gasteiger partial charge in [-0.05, 0) is 6.92 Å². The summed E-state index contributed by atoms with van der Waals surface area (Å²) in [6.07, 6.45) is 2.30. The van der Waals surface area contributed by atoms with Crippen molar-refractivity contribution in [3.8, 4) is 0 Å². The minimum absolute atomic E-state index is 0.646. The maximum Gasteiger partial charge on any atom is 0.228 e. The van der Waals surface area contributed by atoms with Crippen LogP contribution >= 0.6 is 0 Å². The Morgan fingerprint density at radius 2 is 2.12 bits per heavy atom. The summed E-state index contributed by atoms with van der Waals surface area (Å²) < 4.78 is 10.00. The van der Waals surface area contributed by atoms with Gasteiger partial charge in [-0.1, -0.05) is 10.3 Å². The van der Waals surface area contributed by atoms with Crippen LogP contribution in [0.2, 0.25) is 0 Å². The number of nitrogens with zero attached hydrogens (tertiary/aromatic N) is 6. The first-order valence-electron chi connectivity index (χ1n) is 8.11. The normalized spacial score (nSPS) is 16.6. The van der Waals surface area contributed by atoms with E-state index in [4.69, 9.17) is 9.05 Å². The first-order chi connectivity index (χ1) is 11.7. The van der Waals surface area contributed by atoms with Gasteiger partial charge in [0.1, 0.15) is 6.26 Å². The van der Waals surface area contributed by atoms with E-state index in [1.54, 1.807) is 13.3 Å². The van der Waals surface area contributed by atoms with Crippen LogP contribution < -0.4 is 5.32 Å². The van der Waals surface area contributed by atoms with E-state index in [0.29, 0.717) is 24.7 Å². The van der Waals surface area contributed by atoms with Crippen molar-refractivity contribution < 1.29 is 9.05 Å². The Hall–Kier alpha value is -2.42. The fraction of sp³-hybridized carbons (Fsp3) is 0.600. The molecule has 130 valence electrons. The molecule has 9 nitrogen and oxygen atoms in total. The lowest BCUT2D eigenvalue weighted by Crippen LogP contribution is -2.52. The van der Waals surface area contributed by atoms with Crippen LogP contribution in [0.1, 0.15) is 17.4 Å². The van der Waals surface area contributed by atoms with Gasteiger partial charge in [-0.3, -0.25) is 9.89 Å². The third-order valence-electron chi connectivity index (χ3n) is 3.95. The average Bonchev–Trinajstić information content (AvgIpc) is 3.24. The molecule has 24 heavy (non-hydrogen) atoms. The third-order valence-corrected chi connectivity index (χ3v) is 3.95. The number of aromatic nitrogens is 3. The highest BCUT2D eigenvalue weighted by Gasteiger charge is 2.20. The number of rotatable bonds is 5. The van der Waals surface area contributed by atoms with Gasteiger partial charge in [-0.25, -0.2) is 0 Å². The molecule has 0 radical (unpaired) electrons. The quantitative estimate of drug-likeness (QED) is 0.617. The average molecular weight is 333 g/mol. The van der Waals surface area contributed by atoms with E-state index < -0.39 is 0 Å². The van der Waals surface area contributed by atoms with Crippen LogP contribution in [0.3, 0.4) is 0 Å². The van der Waals surface area contributed by atoms with Crippen molar-refractivity contribution in [1.82, 2.24) is 30.4 Å². The van der Waals surface area contributed by atoms with Gasteiger partial charge in [0, 0.05) is 58.8 Å². The number of piperazine rings is 1. The molecule has 1 aliphatic heterocycles. The smallest absolute Gasteiger partial charge is 0.228 e. The van der Waals surface area contributed by atoms with Gasteiger partial charge in [-0.2, -0.15) is 4.98 Å². The van der Waals surface area contributed by atoms with Crippen LogP contribution in [-0.2, 0) is 13.0 Å². The molecule has 0 atom stereocenters. The van der Waals surface area contributed by atoms with Gasteiger partial charge < -0.3 is 19.3 Å². The van der Waals surface area contributed by atoms with E-state index in [9.17, 15) is 0 Å². The fourth-order valence-corrected chi connectivity index (χ4v) is 2.72. The maximum atomic E-state index is 5.11. The minimum Gasteiger partial charge on any atom is -0.364 e. The van der Waals surface area contributed by atoms with Crippen LogP contribution in [0.15, 0.2) is 26.4 Å². The molecule has 0 aliphatic carbocycles. The molecule has 9 heteroatoms. The number of guanidine groups is 1. The van der Waals surface area contributed by atoms with Crippen molar-refractivity contribution in [2.24, 2.45) is 4.99 Å². The third kappa shape index (κ3) is 4.31. The van der Waals surface area contributed by atoms with E-state index in [2.05, 4.69) is 35.4 Å². The SMILES string of the molecule is CN=C(NCCc1nc(C)no1)N1CCN(Cc2ccon2)CC1. The van der Waals surface area contributed by atoms with Crippen LogP contribution in [0.4, 0.5) is 0 Å². The van der Waals surface area contributed by atoms with Gasteiger partial charge in [0.15, 0.2) is 11.8 Å². The van der Waals surface area contributed by atoms with Crippen LogP contribution in [0, 0.1) is 6.92 Å². The van der Waals surface area contributed by atoms with Gasteiger partial charge in [-0.15, -0.1) is 0 Å². The number of aryl methyl sites for hydroxylation is 1. The van der Waals surface area contributed by atoms with Crippen molar-refractivity contribution in [2.75, 3.05) is 39.8 Å². The zero-order valence-corrected chi connectivity index (χ0v) is 14.1. The lowest BCUT2D eigenvalue weighted by molar-refractivity contribution is 0.169. The molecule has 3 heterocycles. The molecule has 1 N–H and O–H groups in total. The summed E-state index contributed by atoms with van der Waals surface area (Å²) >= 11 is 0. The van der Waals surface area contributed by atoms with Crippen molar-refractivity contribution in [2.45, 2.75) is 19.9 Å². The molecule has 3 rings (SSSR count). The largest absolute Gasteiger partial charge is 0.364 e. The lowest BCUT2D eigenvalue weighted by Gasteiger charge is -2.36. The molecule has 0 spiro atoms. The van der Waals surface area contributed by atoms with Gasteiger partial charge >= 0.3 is 0 Å². The van der Waals surface area contributed by atoms with Gasteiger partial charge in [0.05, 0.1) is 5.69 Å². The molecule has 2 aromatic rings. The standard InChI is InChI=1S/C15H23N7O2/c1-12-18-14(24-19-12)3-5-17-15(16-2)22-8-6-21(7-9-22)11-13-4-10-23-20-13/h4,10H,3,5-9,11H2,1-2H3,(H,16,17). The summed E-state index contributed by atoms with van der Waals surface area (Å²) in [6.45, 7) is 7.15. The minimum atomic E-state index is 0.646. The van der Waals surface area contributed by atoms with Crippen LogP contribution in [-0.4, -0.2) is 70.8 Å². The number of aliphatic imine (C=N–C) groups is 1. The number of hydrogen-bond donors (Lipinski definition) is 1. The highest BCUT2D eigenvalue weighted by Crippen LogP contribution is 2.07. The molecule has 1 saturated heterocycles. The molecular formula is C15H23N7O2. The number of hydrogen-bond acceptors (Lipinski definition) is 7. The molecule has 0 amide bonds. The molecule has 2 aromatic heterocycles. The van der Waals surface area contributed by atoms with Crippen LogP contribution in [0.25, 0.3) is 0 Å². The van der Waals surface area contributed by atoms with E-state index in [1.165, 1.54) is 0 Å². The summed E-state index contributed by atoms with van der Waals surface area (Å²) in [5.41, 5.74) is 0.973. The Morgan fingerprint density at radius 3 is 2.75 bits per heavy atom. The lowest BCUT2D eigenvalue weighted by atomic mass is 10.3.